The van der Waals surface area contributed by atoms with Crippen molar-refractivity contribution in [3.8, 4) is 0 Å². The van der Waals surface area contributed by atoms with E-state index in [9.17, 15) is 19.2 Å². The van der Waals surface area contributed by atoms with Crippen LogP contribution < -0.4 is 0 Å². The van der Waals surface area contributed by atoms with Crippen LogP contribution in [0.25, 0.3) is 0 Å². The van der Waals surface area contributed by atoms with Crippen molar-refractivity contribution in [2.45, 2.75) is 0 Å². The van der Waals surface area contributed by atoms with Crippen LogP contribution >= 0.6 is 91.9 Å². The maximum Gasteiger partial charge on any atom is 0.300 e. The molecule has 0 spiro atoms. The molecule has 0 amide bonds. The first-order chi connectivity index (χ1) is 15.8. The van der Waals surface area contributed by atoms with Crippen molar-refractivity contribution in [2.75, 3.05) is 46.0 Å². The largest absolute Gasteiger partial charge is 0.300 e. The van der Waals surface area contributed by atoms with E-state index in [1.807, 2.05) is 44.8 Å². The van der Waals surface area contributed by atoms with Crippen LogP contribution in [0.1, 0.15) is 0 Å². The second kappa shape index (κ2) is 21.9. The summed E-state index contributed by atoms with van der Waals surface area (Å²) in [6, 6.07) is 0. The van der Waals surface area contributed by atoms with Gasteiger partial charge in [0.15, 0.2) is 0 Å². The van der Waals surface area contributed by atoms with E-state index in [0.717, 1.165) is 23.0 Å². The minimum atomic E-state index is -2.06. The molecule has 0 saturated heterocycles. The molecule has 0 bridgehead atoms. The van der Waals surface area contributed by atoms with Gasteiger partial charge in [0.2, 0.25) is 20.5 Å². The highest BCUT2D eigenvalue weighted by molar-refractivity contribution is 9.00. The summed E-state index contributed by atoms with van der Waals surface area (Å²) in [7, 11) is 0. The lowest BCUT2D eigenvalue weighted by atomic mass is 10.7. The summed E-state index contributed by atoms with van der Waals surface area (Å²) >= 11 is 12.6. The Morgan fingerprint density at radius 2 is 0.667 bits per heavy atom. The summed E-state index contributed by atoms with van der Waals surface area (Å²) in [5, 5.41) is -0.134. The van der Waals surface area contributed by atoms with Crippen molar-refractivity contribution in [3.63, 3.8) is 0 Å². The fraction of sp³-hybridized carbons (Fsp3) is 0.400. The van der Waals surface area contributed by atoms with E-state index in [-0.39, 0.29) is 20.5 Å². The molecule has 0 atom stereocenters. The molecule has 0 unspecified atom stereocenters. The molecule has 0 rings (SSSR count). The number of hydrogen-bond acceptors (Lipinski definition) is 12. The second-order valence-corrected chi connectivity index (χ2v) is 29.0. The smallest absolute Gasteiger partial charge is 0.282 e. The quantitative estimate of drug-likeness (QED) is 0.0897. The van der Waals surface area contributed by atoms with E-state index in [1.54, 1.807) is 0 Å². The monoisotopic (exact) mass is 616 g/mol. The minimum Gasteiger partial charge on any atom is -0.282 e. The molecule has 0 aromatic heterocycles. The summed E-state index contributed by atoms with van der Waals surface area (Å²) in [6.45, 7) is 14.0. The molecule has 0 aliphatic carbocycles. The van der Waals surface area contributed by atoms with E-state index in [2.05, 4.69) is 26.3 Å². The van der Waals surface area contributed by atoms with E-state index in [4.69, 9.17) is 0 Å². The third-order valence-corrected chi connectivity index (χ3v) is 30.0. The van der Waals surface area contributed by atoms with Gasteiger partial charge in [-0.05, 0) is 47.3 Å². The summed E-state index contributed by atoms with van der Waals surface area (Å²) in [5.41, 5.74) is 0. The van der Waals surface area contributed by atoms with E-state index >= 15 is 0 Å². The third-order valence-electron chi connectivity index (χ3n) is 3.09. The van der Waals surface area contributed by atoms with Crippen LogP contribution in [0.4, 0.5) is 0 Å². The van der Waals surface area contributed by atoms with Crippen LogP contribution in [0.3, 0.4) is 0 Å². The molecule has 0 saturated carbocycles. The Kier molecular flexibility index (Phi) is 22.3. The maximum atomic E-state index is 11.5. The Bertz CT molecular complexity index is 584. The maximum absolute atomic E-state index is 11.5. The second-order valence-electron chi connectivity index (χ2n) is 5.38. The third kappa shape index (κ3) is 18.6. The van der Waals surface area contributed by atoms with Crippen LogP contribution in [-0.4, -0.2) is 71.2 Å². The van der Waals surface area contributed by atoms with Crippen LogP contribution in [0.15, 0.2) is 50.6 Å². The Balaban J connectivity index is 5.15. The molecule has 0 N–H and O–H groups in total. The summed E-state index contributed by atoms with van der Waals surface area (Å²) in [5.74, 6) is 6.07. The van der Waals surface area contributed by atoms with Gasteiger partial charge < -0.3 is 0 Å². The summed E-state index contributed by atoms with van der Waals surface area (Å²) < 4.78 is -2.06. The van der Waals surface area contributed by atoms with Gasteiger partial charge >= 0.3 is 4.67 Å². The topological polar surface area (TPSA) is 68.3 Å². The average Bonchev–Trinajstić information content (AvgIpc) is 2.83. The minimum absolute atomic E-state index is 0.0335. The zero-order chi connectivity index (χ0) is 25.0. The van der Waals surface area contributed by atoms with Gasteiger partial charge in [0.25, 0.3) is 0 Å². The zero-order valence-electron chi connectivity index (χ0n) is 18.2. The van der Waals surface area contributed by atoms with Crippen LogP contribution in [0.2, 0.25) is 0 Å². The molecule has 0 aliphatic heterocycles. The van der Waals surface area contributed by atoms with Crippen molar-refractivity contribution in [1.82, 2.24) is 0 Å². The van der Waals surface area contributed by atoms with Gasteiger partial charge in [-0.3, -0.25) is 19.2 Å². The van der Waals surface area contributed by atoms with Gasteiger partial charge in [0.1, 0.15) is 0 Å². The van der Waals surface area contributed by atoms with Crippen molar-refractivity contribution >= 4 is 117 Å². The normalized spacial score (nSPS) is 10.9. The molecule has 184 valence electrons. The SMILES string of the molecule is C=CC(=O)SCCS[Si](SCCSC(=O)C=C)(SCCSC(=O)C=C)SCCSC(=O)C=C. The number of hydrogen-bond donors (Lipinski definition) is 0. The molecular weight excluding hydrogens is 589 g/mol. The Hall–Kier alpha value is 0.657. The van der Waals surface area contributed by atoms with Gasteiger partial charge in [0, 0.05) is 23.0 Å². The highest BCUT2D eigenvalue weighted by Gasteiger charge is 2.36. The molecule has 0 aromatic carbocycles. The molecular formula is C20H28O4S8Si. The van der Waals surface area contributed by atoms with Crippen molar-refractivity contribution in [1.29, 1.82) is 0 Å². The number of carbonyl (C=O) groups excluding carboxylic acids is 4. The van der Waals surface area contributed by atoms with Crippen molar-refractivity contribution < 1.29 is 19.2 Å². The van der Waals surface area contributed by atoms with E-state index < -0.39 is 4.67 Å². The lowest BCUT2D eigenvalue weighted by molar-refractivity contribution is -0.107. The first-order valence-electron chi connectivity index (χ1n) is 9.55. The molecule has 13 heteroatoms. The molecule has 0 heterocycles. The van der Waals surface area contributed by atoms with Gasteiger partial charge in [-0.25, -0.2) is 0 Å². The number of rotatable bonds is 20. The van der Waals surface area contributed by atoms with Gasteiger partial charge in [-0.1, -0.05) is 73.4 Å². The Morgan fingerprint density at radius 1 is 0.455 bits per heavy atom. The van der Waals surface area contributed by atoms with E-state index in [0.29, 0.717) is 23.0 Å². The molecule has 33 heavy (non-hydrogen) atoms. The summed E-state index contributed by atoms with van der Waals surface area (Å²) in [4.78, 5) is 46.2. The van der Waals surface area contributed by atoms with Crippen LogP contribution in [0.5, 0.6) is 0 Å². The van der Waals surface area contributed by atoms with Gasteiger partial charge in [-0.2, -0.15) is 44.8 Å². The molecule has 0 aliphatic rings. The Labute approximate surface area is 231 Å². The lowest BCUT2D eigenvalue weighted by Crippen LogP contribution is -2.23. The predicted octanol–water partition coefficient (Wildman–Crippen LogP) is 6.14. The van der Waals surface area contributed by atoms with Crippen molar-refractivity contribution in [3.05, 3.63) is 50.6 Å². The number of carbonyl (C=O) groups is 4. The van der Waals surface area contributed by atoms with Gasteiger partial charge in [-0.15, -0.1) is 0 Å². The van der Waals surface area contributed by atoms with E-state index in [1.165, 1.54) is 71.4 Å². The fourth-order valence-corrected chi connectivity index (χ4v) is 28.2. The standard InChI is InChI=1S/C20H28O4S8Si/c1-5-17(21)25-9-13-29-33(30-14-10-26-18(22)6-2,31-15-11-27-19(23)7-3)32-16-12-28-20(24)8-4/h5-8H,1-4,9-16H2. The first kappa shape index (κ1) is 33.7. The highest BCUT2D eigenvalue weighted by Crippen LogP contribution is 2.50. The fourth-order valence-electron chi connectivity index (χ4n) is 1.72. The van der Waals surface area contributed by atoms with Crippen LogP contribution in [-0.2, 0) is 19.2 Å². The molecule has 0 fully saturated rings. The molecule has 0 aromatic rings. The van der Waals surface area contributed by atoms with Gasteiger partial charge in [0.05, 0.1) is 0 Å². The average molecular weight is 617 g/mol. The highest BCUT2D eigenvalue weighted by atomic mass is 32.9. The van der Waals surface area contributed by atoms with Crippen LogP contribution in [0, 0.1) is 0 Å². The number of thioether (sulfide) groups is 4. The zero-order valence-corrected chi connectivity index (χ0v) is 25.7. The molecule has 4 nitrogen and oxygen atoms in total. The van der Waals surface area contributed by atoms with Crippen molar-refractivity contribution in [2.24, 2.45) is 0 Å². The summed E-state index contributed by atoms with van der Waals surface area (Å²) in [6.07, 6.45) is 5.31. The predicted molar refractivity (Wildman–Crippen MR) is 166 cm³/mol. The molecule has 0 radical (unpaired) electrons. The first-order valence-corrected chi connectivity index (χ1v) is 22.3. The Morgan fingerprint density at radius 3 is 0.848 bits per heavy atom. The lowest BCUT2D eigenvalue weighted by Gasteiger charge is -2.29.